The molecule has 0 amide bonds. The van der Waals surface area contributed by atoms with Crippen molar-refractivity contribution in [3.63, 3.8) is 0 Å². The van der Waals surface area contributed by atoms with Gasteiger partial charge in [0.25, 0.3) is 0 Å². The second-order valence-corrected chi connectivity index (χ2v) is 2.79. The Hall–Kier alpha value is -1.12. The average Bonchev–Trinajstić information content (AvgIpc) is 1.97. The molecule has 0 aliphatic carbocycles. The van der Waals surface area contributed by atoms with Crippen LogP contribution >= 0.6 is 0 Å². The molecular formula is C8H13N3. The summed E-state index contributed by atoms with van der Waals surface area (Å²) in [5, 5.41) is 7.45. The first-order valence-corrected chi connectivity index (χ1v) is 3.59. The molecule has 60 valence electrons. The largest absolute Gasteiger partial charge is 0.318 e. The Bertz CT molecular complexity index is 336. The lowest BCUT2D eigenvalue weighted by atomic mass is 10.2. The monoisotopic (exact) mass is 151 g/mol. The summed E-state index contributed by atoms with van der Waals surface area (Å²) in [5.41, 5.74) is 3.56. The van der Waals surface area contributed by atoms with E-state index in [4.69, 9.17) is 5.41 Å². The topological polar surface area (TPSA) is 41.7 Å². The van der Waals surface area contributed by atoms with Crippen LogP contribution in [-0.2, 0) is 7.05 Å². The van der Waals surface area contributed by atoms with Gasteiger partial charge in [-0.05, 0) is 26.3 Å². The van der Waals surface area contributed by atoms with Crippen LogP contribution in [0.4, 0.5) is 0 Å². The van der Waals surface area contributed by atoms with E-state index >= 15 is 0 Å². The highest BCUT2D eigenvalue weighted by molar-refractivity contribution is 5.20. The third-order valence-electron chi connectivity index (χ3n) is 2.18. The van der Waals surface area contributed by atoms with E-state index in [1.54, 1.807) is 4.57 Å². The molecule has 0 aromatic carbocycles. The fraction of sp³-hybridized carbons (Fsp3) is 0.500. The number of hydrogen-bond donors (Lipinski definition) is 1. The van der Waals surface area contributed by atoms with E-state index in [9.17, 15) is 0 Å². The number of nitrogens with zero attached hydrogens (tertiary/aromatic N) is 2. The van der Waals surface area contributed by atoms with Crippen molar-refractivity contribution in [2.75, 3.05) is 0 Å². The molecule has 1 heterocycles. The van der Waals surface area contributed by atoms with Crippen molar-refractivity contribution in [2.45, 2.75) is 20.8 Å². The highest BCUT2D eigenvalue weighted by atomic mass is 15.0. The molecule has 0 aliphatic heterocycles. The molecule has 0 aliphatic rings. The van der Waals surface area contributed by atoms with Gasteiger partial charge in [0.05, 0.1) is 0 Å². The van der Waals surface area contributed by atoms with Gasteiger partial charge in [-0.3, -0.25) is 5.41 Å². The minimum atomic E-state index is 0.325. The average molecular weight is 151 g/mol. The lowest BCUT2D eigenvalue weighted by Crippen LogP contribution is -2.24. The Labute approximate surface area is 66.2 Å². The molecule has 1 aromatic rings. The zero-order chi connectivity index (χ0) is 8.59. The molecular weight excluding hydrogens is 138 g/mol. The van der Waals surface area contributed by atoms with Crippen molar-refractivity contribution in [2.24, 2.45) is 7.05 Å². The summed E-state index contributed by atoms with van der Waals surface area (Å²) >= 11 is 0. The Morgan fingerprint density at radius 3 is 2.36 bits per heavy atom. The SMILES string of the molecule is Cc1nc(=N)n(C)c(C)c1C. The minimum Gasteiger partial charge on any atom is -0.318 e. The summed E-state index contributed by atoms with van der Waals surface area (Å²) in [6, 6.07) is 0. The molecule has 0 unspecified atom stereocenters. The van der Waals surface area contributed by atoms with Gasteiger partial charge in [0, 0.05) is 18.4 Å². The van der Waals surface area contributed by atoms with Crippen molar-refractivity contribution in [3.8, 4) is 0 Å². The molecule has 0 atom stereocenters. The van der Waals surface area contributed by atoms with E-state index in [2.05, 4.69) is 4.98 Å². The predicted octanol–water partition coefficient (Wildman–Crippen LogP) is 0.825. The number of aromatic nitrogens is 2. The summed E-state index contributed by atoms with van der Waals surface area (Å²) in [6.45, 7) is 5.96. The van der Waals surface area contributed by atoms with E-state index in [0.717, 1.165) is 11.4 Å². The predicted molar refractivity (Wildman–Crippen MR) is 43.3 cm³/mol. The third-order valence-corrected chi connectivity index (χ3v) is 2.18. The van der Waals surface area contributed by atoms with E-state index < -0.39 is 0 Å². The first-order valence-electron chi connectivity index (χ1n) is 3.59. The number of rotatable bonds is 0. The fourth-order valence-corrected chi connectivity index (χ4v) is 0.990. The molecule has 1 N–H and O–H groups in total. The Kier molecular flexibility index (Phi) is 1.81. The Balaban J connectivity index is 3.59. The Morgan fingerprint density at radius 2 is 1.82 bits per heavy atom. The normalized spacial score (nSPS) is 10.2. The summed E-state index contributed by atoms with van der Waals surface area (Å²) in [5.74, 6) is 0. The van der Waals surface area contributed by atoms with Crippen molar-refractivity contribution >= 4 is 0 Å². The van der Waals surface area contributed by atoms with Crippen molar-refractivity contribution in [3.05, 3.63) is 22.6 Å². The molecule has 0 bridgehead atoms. The smallest absolute Gasteiger partial charge is 0.222 e. The molecule has 0 saturated heterocycles. The van der Waals surface area contributed by atoms with Crippen LogP contribution in [0.5, 0.6) is 0 Å². The number of hydrogen-bond acceptors (Lipinski definition) is 2. The zero-order valence-electron chi connectivity index (χ0n) is 7.39. The van der Waals surface area contributed by atoms with E-state index in [0.29, 0.717) is 5.62 Å². The quantitative estimate of drug-likeness (QED) is 0.586. The molecule has 0 fully saturated rings. The second kappa shape index (κ2) is 2.49. The first kappa shape index (κ1) is 7.98. The lowest BCUT2D eigenvalue weighted by molar-refractivity contribution is 0.715. The van der Waals surface area contributed by atoms with Crippen LogP contribution in [-0.4, -0.2) is 9.55 Å². The molecule has 1 rings (SSSR count). The van der Waals surface area contributed by atoms with Crippen LogP contribution in [0, 0.1) is 26.2 Å². The highest BCUT2D eigenvalue weighted by Crippen LogP contribution is 2.04. The summed E-state index contributed by atoms with van der Waals surface area (Å²) in [4.78, 5) is 4.06. The maximum atomic E-state index is 7.45. The van der Waals surface area contributed by atoms with Gasteiger partial charge in [0.1, 0.15) is 0 Å². The van der Waals surface area contributed by atoms with Gasteiger partial charge in [-0.1, -0.05) is 0 Å². The second-order valence-electron chi connectivity index (χ2n) is 2.79. The third kappa shape index (κ3) is 1.18. The van der Waals surface area contributed by atoms with Crippen molar-refractivity contribution < 1.29 is 0 Å². The highest BCUT2D eigenvalue weighted by Gasteiger charge is 2.00. The number of aryl methyl sites for hydroxylation is 1. The number of nitrogens with one attached hydrogen (secondary N) is 1. The summed E-state index contributed by atoms with van der Waals surface area (Å²) in [7, 11) is 1.86. The molecule has 0 saturated carbocycles. The Morgan fingerprint density at radius 1 is 1.27 bits per heavy atom. The van der Waals surface area contributed by atoms with Crippen molar-refractivity contribution in [1.82, 2.24) is 9.55 Å². The maximum Gasteiger partial charge on any atom is 0.222 e. The van der Waals surface area contributed by atoms with Gasteiger partial charge in [-0.15, -0.1) is 0 Å². The molecule has 3 nitrogen and oxygen atoms in total. The van der Waals surface area contributed by atoms with Crippen LogP contribution in [0.25, 0.3) is 0 Å². The van der Waals surface area contributed by atoms with Crippen LogP contribution < -0.4 is 5.62 Å². The molecule has 0 radical (unpaired) electrons. The van der Waals surface area contributed by atoms with Gasteiger partial charge >= 0.3 is 0 Å². The summed E-state index contributed by atoms with van der Waals surface area (Å²) < 4.78 is 1.78. The summed E-state index contributed by atoms with van der Waals surface area (Å²) in [6.07, 6.45) is 0. The van der Waals surface area contributed by atoms with Crippen LogP contribution in [0.2, 0.25) is 0 Å². The van der Waals surface area contributed by atoms with E-state index in [-0.39, 0.29) is 0 Å². The molecule has 0 spiro atoms. The van der Waals surface area contributed by atoms with Crippen molar-refractivity contribution in [1.29, 1.82) is 5.41 Å². The van der Waals surface area contributed by atoms with Gasteiger partial charge in [0.15, 0.2) is 0 Å². The lowest BCUT2D eigenvalue weighted by Gasteiger charge is -2.08. The first-order chi connectivity index (χ1) is 5.04. The standard InChI is InChI=1S/C8H13N3/c1-5-6(2)10-8(9)11(4)7(5)3/h9H,1-4H3. The van der Waals surface area contributed by atoms with Gasteiger partial charge in [-0.25, -0.2) is 4.98 Å². The molecule has 3 heteroatoms. The molecule has 1 aromatic heterocycles. The van der Waals surface area contributed by atoms with E-state index in [1.165, 1.54) is 5.56 Å². The minimum absolute atomic E-state index is 0.325. The van der Waals surface area contributed by atoms with Crippen LogP contribution in [0.1, 0.15) is 17.0 Å². The van der Waals surface area contributed by atoms with Crippen LogP contribution in [0.15, 0.2) is 0 Å². The fourth-order valence-electron chi connectivity index (χ4n) is 0.990. The van der Waals surface area contributed by atoms with Gasteiger partial charge in [-0.2, -0.15) is 0 Å². The molecule has 11 heavy (non-hydrogen) atoms. The van der Waals surface area contributed by atoms with E-state index in [1.807, 2.05) is 27.8 Å². The zero-order valence-corrected chi connectivity index (χ0v) is 7.39. The maximum absolute atomic E-state index is 7.45. The van der Waals surface area contributed by atoms with Gasteiger partial charge < -0.3 is 4.57 Å². The van der Waals surface area contributed by atoms with Crippen LogP contribution in [0.3, 0.4) is 0 Å². The van der Waals surface area contributed by atoms with Gasteiger partial charge in [0.2, 0.25) is 5.62 Å².